The smallest absolute Gasteiger partial charge is 0.170 e. The lowest BCUT2D eigenvalue weighted by atomic mass is 10.1. The summed E-state index contributed by atoms with van der Waals surface area (Å²) in [6.07, 6.45) is 0. The molecule has 0 saturated carbocycles. The topological polar surface area (TPSA) is 67.8 Å². The molecule has 0 spiro atoms. The number of nitrogens with zero attached hydrogens (tertiary/aromatic N) is 1. The second kappa shape index (κ2) is 6.65. The Balaban J connectivity index is 2.11. The second-order valence-electron chi connectivity index (χ2n) is 4.16. The Labute approximate surface area is 130 Å². The van der Waals surface area contributed by atoms with Crippen molar-refractivity contribution in [2.45, 2.75) is 6.61 Å². The Morgan fingerprint density at radius 1 is 1.19 bits per heavy atom. The van der Waals surface area contributed by atoms with Crippen molar-refractivity contribution >= 4 is 29.0 Å². The van der Waals surface area contributed by atoms with Gasteiger partial charge in [0, 0.05) is 17.2 Å². The highest BCUT2D eigenvalue weighted by Gasteiger charge is 2.08. The molecule has 0 radical (unpaired) electrons. The van der Waals surface area contributed by atoms with E-state index in [0.29, 0.717) is 21.4 Å². The highest BCUT2D eigenvalue weighted by atomic mass is 35.5. The molecule has 0 unspecified atom stereocenters. The number of amidine groups is 1. The van der Waals surface area contributed by atoms with Gasteiger partial charge in [0.15, 0.2) is 5.84 Å². The molecule has 0 aliphatic heterocycles. The van der Waals surface area contributed by atoms with E-state index >= 15 is 0 Å². The minimum atomic E-state index is -0.515. The third-order valence-electron chi connectivity index (χ3n) is 2.74. The zero-order chi connectivity index (χ0) is 15.4. The van der Waals surface area contributed by atoms with Crippen molar-refractivity contribution in [3.05, 3.63) is 63.4 Å². The zero-order valence-electron chi connectivity index (χ0n) is 10.7. The Bertz CT molecular complexity index is 693. The van der Waals surface area contributed by atoms with Gasteiger partial charge in [0.25, 0.3) is 0 Å². The molecule has 0 aliphatic carbocycles. The van der Waals surface area contributed by atoms with Crippen molar-refractivity contribution in [1.29, 1.82) is 0 Å². The first-order valence-corrected chi connectivity index (χ1v) is 6.61. The fourth-order valence-corrected chi connectivity index (χ4v) is 1.90. The molecule has 0 bridgehead atoms. The van der Waals surface area contributed by atoms with Crippen molar-refractivity contribution in [3.63, 3.8) is 0 Å². The minimum absolute atomic E-state index is 0.0141. The third kappa shape index (κ3) is 3.77. The number of rotatable bonds is 4. The summed E-state index contributed by atoms with van der Waals surface area (Å²) < 4.78 is 19.3. The predicted octanol–water partition coefficient (Wildman–Crippen LogP) is 3.81. The van der Waals surface area contributed by atoms with Gasteiger partial charge in [-0.3, -0.25) is 0 Å². The summed E-state index contributed by atoms with van der Waals surface area (Å²) in [5, 5.41) is 12.1. The molecule has 21 heavy (non-hydrogen) atoms. The van der Waals surface area contributed by atoms with Gasteiger partial charge in [-0.25, -0.2) is 4.39 Å². The van der Waals surface area contributed by atoms with Crippen LogP contribution in [-0.2, 0) is 6.61 Å². The summed E-state index contributed by atoms with van der Waals surface area (Å²) in [6, 6.07) is 8.98. The van der Waals surface area contributed by atoms with Crippen molar-refractivity contribution in [2.24, 2.45) is 10.9 Å². The van der Waals surface area contributed by atoms with E-state index in [1.165, 1.54) is 18.2 Å². The van der Waals surface area contributed by atoms with E-state index in [2.05, 4.69) is 5.16 Å². The lowest BCUT2D eigenvalue weighted by Gasteiger charge is -2.09. The first-order chi connectivity index (χ1) is 10.0. The van der Waals surface area contributed by atoms with Gasteiger partial charge in [0.2, 0.25) is 0 Å². The quantitative estimate of drug-likeness (QED) is 0.388. The molecule has 0 saturated heterocycles. The van der Waals surface area contributed by atoms with Crippen LogP contribution in [0, 0.1) is 5.82 Å². The first kappa shape index (κ1) is 15.4. The fourth-order valence-electron chi connectivity index (χ4n) is 1.61. The number of halogens is 3. The van der Waals surface area contributed by atoms with Crippen LogP contribution in [0.1, 0.15) is 11.1 Å². The fraction of sp³-hybridized carbons (Fsp3) is 0.0714. The van der Waals surface area contributed by atoms with Crippen LogP contribution in [0.25, 0.3) is 0 Å². The zero-order valence-corrected chi connectivity index (χ0v) is 12.2. The molecular weight excluding hydrogens is 318 g/mol. The number of hydrogen-bond donors (Lipinski definition) is 2. The van der Waals surface area contributed by atoms with Crippen molar-refractivity contribution < 1.29 is 14.3 Å². The minimum Gasteiger partial charge on any atom is -0.489 e. The third-order valence-corrected chi connectivity index (χ3v) is 3.48. The number of oxime groups is 1. The van der Waals surface area contributed by atoms with E-state index in [9.17, 15) is 4.39 Å². The Morgan fingerprint density at radius 2 is 1.95 bits per heavy atom. The summed E-state index contributed by atoms with van der Waals surface area (Å²) in [6.45, 7) is 0.0141. The summed E-state index contributed by atoms with van der Waals surface area (Å²) in [5.74, 6) is -0.200. The highest BCUT2D eigenvalue weighted by Crippen LogP contribution is 2.27. The lowest BCUT2D eigenvalue weighted by molar-refractivity contribution is 0.300. The van der Waals surface area contributed by atoms with Gasteiger partial charge in [-0.15, -0.1) is 0 Å². The summed E-state index contributed by atoms with van der Waals surface area (Å²) >= 11 is 11.7. The molecule has 7 heteroatoms. The molecule has 3 N–H and O–H groups in total. The molecule has 0 heterocycles. The molecule has 110 valence electrons. The summed E-state index contributed by atoms with van der Waals surface area (Å²) in [7, 11) is 0. The van der Waals surface area contributed by atoms with Crippen LogP contribution >= 0.6 is 23.2 Å². The Hall–Kier alpha value is -1.98. The van der Waals surface area contributed by atoms with Gasteiger partial charge >= 0.3 is 0 Å². The average molecular weight is 329 g/mol. The van der Waals surface area contributed by atoms with Crippen molar-refractivity contribution in [2.75, 3.05) is 0 Å². The van der Waals surface area contributed by atoms with Crippen LogP contribution in [-0.4, -0.2) is 11.0 Å². The maximum absolute atomic E-state index is 13.9. The molecule has 4 nitrogen and oxygen atoms in total. The summed E-state index contributed by atoms with van der Waals surface area (Å²) in [5.41, 5.74) is 6.00. The standard InChI is InChI=1S/C14H11Cl2FN2O2/c15-11-4-3-10(6-12(11)16)21-7-9-2-1-8(5-13(9)17)14(18)19-20/h1-6,20H,7H2,(H2,18,19). The van der Waals surface area contributed by atoms with Crippen LogP contribution in [0.3, 0.4) is 0 Å². The molecule has 2 aromatic carbocycles. The van der Waals surface area contributed by atoms with Gasteiger partial charge in [-0.1, -0.05) is 40.5 Å². The number of ether oxygens (including phenoxy) is 1. The normalized spacial score (nSPS) is 11.5. The number of hydrogen-bond acceptors (Lipinski definition) is 3. The van der Waals surface area contributed by atoms with Crippen molar-refractivity contribution in [3.8, 4) is 5.75 Å². The van der Waals surface area contributed by atoms with Crippen LogP contribution < -0.4 is 10.5 Å². The van der Waals surface area contributed by atoms with Gasteiger partial charge < -0.3 is 15.7 Å². The van der Waals surface area contributed by atoms with Gasteiger partial charge in [-0.2, -0.15) is 0 Å². The van der Waals surface area contributed by atoms with E-state index in [4.69, 9.17) is 38.9 Å². The Morgan fingerprint density at radius 3 is 2.57 bits per heavy atom. The van der Waals surface area contributed by atoms with Gasteiger partial charge in [-0.05, 0) is 18.2 Å². The van der Waals surface area contributed by atoms with E-state index in [1.54, 1.807) is 18.2 Å². The maximum Gasteiger partial charge on any atom is 0.170 e. The highest BCUT2D eigenvalue weighted by molar-refractivity contribution is 6.42. The molecular formula is C14H11Cl2FN2O2. The largest absolute Gasteiger partial charge is 0.489 e. The first-order valence-electron chi connectivity index (χ1n) is 5.85. The lowest BCUT2D eigenvalue weighted by Crippen LogP contribution is -2.13. The van der Waals surface area contributed by atoms with Crippen LogP contribution in [0.5, 0.6) is 5.75 Å². The van der Waals surface area contributed by atoms with Crippen LogP contribution in [0.2, 0.25) is 10.0 Å². The van der Waals surface area contributed by atoms with Crippen molar-refractivity contribution in [1.82, 2.24) is 0 Å². The average Bonchev–Trinajstić information content (AvgIpc) is 2.48. The SMILES string of the molecule is N/C(=N\O)c1ccc(COc2ccc(Cl)c(Cl)c2)c(F)c1. The molecule has 0 aromatic heterocycles. The second-order valence-corrected chi connectivity index (χ2v) is 4.97. The van der Waals surface area contributed by atoms with Gasteiger partial charge in [0.05, 0.1) is 10.0 Å². The number of nitrogens with two attached hydrogens (primary N) is 1. The number of benzene rings is 2. The maximum atomic E-state index is 13.9. The predicted molar refractivity (Wildman–Crippen MR) is 79.7 cm³/mol. The molecule has 0 atom stereocenters. The molecule has 0 aliphatic rings. The monoisotopic (exact) mass is 328 g/mol. The molecule has 2 aromatic rings. The van der Waals surface area contributed by atoms with E-state index in [1.807, 2.05) is 0 Å². The van der Waals surface area contributed by atoms with E-state index in [-0.39, 0.29) is 18.0 Å². The molecule has 0 amide bonds. The summed E-state index contributed by atoms with van der Waals surface area (Å²) in [4.78, 5) is 0. The van der Waals surface area contributed by atoms with Crippen LogP contribution in [0.15, 0.2) is 41.6 Å². The van der Waals surface area contributed by atoms with Gasteiger partial charge in [0.1, 0.15) is 18.2 Å². The molecule has 2 rings (SSSR count). The van der Waals surface area contributed by atoms with E-state index < -0.39 is 5.82 Å². The van der Waals surface area contributed by atoms with Crippen LogP contribution in [0.4, 0.5) is 4.39 Å². The van der Waals surface area contributed by atoms with E-state index in [0.717, 1.165) is 0 Å². The molecule has 0 fully saturated rings. The Kier molecular flexibility index (Phi) is 4.88.